The third-order valence-electron chi connectivity index (χ3n) is 2.82. The van der Waals surface area contributed by atoms with Crippen molar-refractivity contribution >= 4 is 0 Å². The van der Waals surface area contributed by atoms with Crippen LogP contribution >= 0.6 is 0 Å². The minimum Gasteiger partial charge on any atom is -0.395 e. The summed E-state index contributed by atoms with van der Waals surface area (Å²) < 4.78 is 0. The molecule has 1 rings (SSSR count). The van der Waals surface area contributed by atoms with Gasteiger partial charge in [0, 0.05) is 19.6 Å². The van der Waals surface area contributed by atoms with Crippen molar-refractivity contribution in [2.24, 2.45) is 5.92 Å². The zero-order valence-corrected chi connectivity index (χ0v) is 8.28. The minimum atomic E-state index is 0.201. The topological polar surface area (TPSA) is 43.7 Å². The van der Waals surface area contributed by atoms with E-state index in [9.17, 15) is 0 Å². The molecule has 1 aliphatic carbocycles. The van der Waals surface area contributed by atoms with E-state index < -0.39 is 0 Å². The Morgan fingerprint density at radius 3 is 2.00 bits per heavy atom. The molecular formula is C10H21NO2. The summed E-state index contributed by atoms with van der Waals surface area (Å²) in [6.45, 7) is 2.87. The van der Waals surface area contributed by atoms with E-state index in [-0.39, 0.29) is 13.2 Å². The molecule has 3 heteroatoms. The number of hydrogen-bond acceptors (Lipinski definition) is 3. The molecule has 0 saturated heterocycles. The van der Waals surface area contributed by atoms with Crippen molar-refractivity contribution in [1.82, 2.24) is 4.90 Å². The van der Waals surface area contributed by atoms with E-state index in [1.165, 1.54) is 25.7 Å². The van der Waals surface area contributed by atoms with Crippen LogP contribution in [0.2, 0.25) is 0 Å². The van der Waals surface area contributed by atoms with Crippen LogP contribution in [0.25, 0.3) is 0 Å². The van der Waals surface area contributed by atoms with Crippen LogP contribution in [0.5, 0.6) is 0 Å². The van der Waals surface area contributed by atoms with Gasteiger partial charge in [0.05, 0.1) is 13.2 Å². The molecule has 0 heterocycles. The third-order valence-corrected chi connectivity index (χ3v) is 2.82. The van der Waals surface area contributed by atoms with Crippen LogP contribution < -0.4 is 0 Å². The van der Waals surface area contributed by atoms with Gasteiger partial charge in [-0.25, -0.2) is 0 Å². The predicted molar refractivity (Wildman–Crippen MR) is 52.6 cm³/mol. The molecule has 0 amide bonds. The molecule has 0 spiro atoms. The van der Waals surface area contributed by atoms with Gasteiger partial charge in [0.1, 0.15) is 0 Å². The summed E-state index contributed by atoms with van der Waals surface area (Å²) in [6.07, 6.45) is 5.37. The Morgan fingerprint density at radius 2 is 1.54 bits per heavy atom. The van der Waals surface area contributed by atoms with Gasteiger partial charge in [-0.2, -0.15) is 0 Å². The zero-order chi connectivity index (χ0) is 9.52. The van der Waals surface area contributed by atoms with Crippen molar-refractivity contribution in [3.05, 3.63) is 0 Å². The Balaban J connectivity index is 2.19. The quantitative estimate of drug-likeness (QED) is 0.635. The first-order chi connectivity index (χ1) is 6.36. The first kappa shape index (κ1) is 11.0. The lowest BCUT2D eigenvalue weighted by Gasteiger charge is -2.23. The van der Waals surface area contributed by atoms with Gasteiger partial charge in [0.25, 0.3) is 0 Å². The highest BCUT2D eigenvalue weighted by Gasteiger charge is 2.17. The average molecular weight is 187 g/mol. The molecule has 0 atom stereocenters. The molecule has 0 bridgehead atoms. The number of aliphatic hydroxyl groups excluding tert-OH is 2. The first-order valence-corrected chi connectivity index (χ1v) is 5.31. The van der Waals surface area contributed by atoms with Crippen LogP contribution in [0, 0.1) is 5.92 Å². The van der Waals surface area contributed by atoms with Crippen molar-refractivity contribution in [3.8, 4) is 0 Å². The Hall–Kier alpha value is -0.120. The van der Waals surface area contributed by atoms with E-state index in [1.807, 2.05) is 0 Å². The average Bonchev–Trinajstić information content (AvgIpc) is 2.58. The molecule has 78 valence electrons. The van der Waals surface area contributed by atoms with Gasteiger partial charge in [0.15, 0.2) is 0 Å². The van der Waals surface area contributed by atoms with Crippen LogP contribution in [0.1, 0.15) is 25.7 Å². The summed E-state index contributed by atoms with van der Waals surface area (Å²) in [6, 6.07) is 0. The van der Waals surface area contributed by atoms with E-state index in [0.29, 0.717) is 13.1 Å². The summed E-state index contributed by atoms with van der Waals surface area (Å²) in [5.41, 5.74) is 0. The highest BCUT2D eigenvalue weighted by atomic mass is 16.3. The highest BCUT2D eigenvalue weighted by Crippen LogP contribution is 2.25. The lowest BCUT2D eigenvalue weighted by Crippen LogP contribution is -2.33. The second-order valence-electron chi connectivity index (χ2n) is 3.90. The Morgan fingerprint density at radius 1 is 1.00 bits per heavy atom. The summed E-state index contributed by atoms with van der Waals surface area (Å²) in [7, 11) is 0. The van der Waals surface area contributed by atoms with Crippen molar-refractivity contribution in [2.45, 2.75) is 25.7 Å². The van der Waals surface area contributed by atoms with Crippen LogP contribution in [-0.2, 0) is 0 Å². The third kappa shape index (κ3) is 4.07. The van der Waals surface area contributed by atoms with E-state index in [2.05, 4.69) is 4.90 Å². The molecule has 0 aromatic heterocycles. The Bertz CT molecular complexity index is 118. The number of nitrogens with zero attached hydrogens (tertiary/aromatic N) is 1. The van der Waals surface area contributed by atoms with Gasteiger partial charge < -0.3 is 10.2 Å². The monoisotopic (exact) mass is 187 g/mol. The molecule has 0 radical (unpaired) electrons. The molecule has 0 aromatic rings. The summed E-state index contributed by atoms with van der Waals surface area (Å²) in [4.78, 5) is 2.16. The summed E-state index contributed by atoms with van der Waals surface area (Å²) >= 11 is 0. The van der Waals surface area contributed by atoms with E-state index >= 15 is 0 Å². The Kier molecular flexibility index (Phi) is 5.35. The van der Waals surface area contributed by atoms with E-state index in [4.69, 9.17) is 10.2 Å². The Labute approximate surface area is 80.4 Å². The maximum absolute atomic E-state index is 8.81. The molecule has 0 aromatic carbocycles. The standard InChI is InChI=1S/C10H21NO2/c12-7-5-11(6-8-13)9-10-3-1-2-4-10/h10,12-13H,1-9H2. The summed E-state index contributed by atoms with van der Waals surface area (Å²) in [5, 5.41) is 17.6. The largest absolute Gasteiger partial charge is 0.395 e. The zero-order valence-electron chi connectivity index (χ0n) is 8.28. The SMILES string of the molecule is OCCN(CCO)CC1CCCC1. The molecule has 0 aliphatic heterocycles. The summed E-state index contributed by atoms with van der Waals surface area (Å²) in [5.74, 6) is 0.804. The number of rotatable bonds is 6. The fraction of sp³-hybridized carbons (Fsp3) is 1.00. The molecule has 1 saturated carbocycles. The van der Waals surface area contributed by atoms with Gasteiger partial charge in [0.2, 0.25) is 0 Å². The van der Waals surface area contributed by atoms with Crippen LogP contribution in [0.4, 0.5) is 0 Å². The van der Waals surface area contributed by atoms with E-state index in [1.54, 1.807) is 0 Å². The van der Waals surface area contributed by atoms with Crippen molar-refractivity contribution in [2.75, 3.05) is 32.8 Å². The van der Waals surface area contributed by atoms with Crippen molar-refractivity contribution in [3.63, 3.8) is 0 Å². The molecule has 1 aliphatic rings. The van der Waals surface area contributed by atoms with Crippen LogP contribution in [0.3, 0.4) is 0 Å². The lowest BCUT2D eigenvalue weighted by atomic mass is 10.1. The first-order valence-electron chi connectivity index (χ1n) is 5.31. The second-order valence-corrected chi connectivity index (χ2v) is 3.90. The number of aliphatic hydroxyl groups is 2. The van der Waals surface area contributed by atoms with E-state index in [0.717, 1.165) is 12.5 Å². The van der Waals surface area contributed by atoms with Gasteiger partial charge in [-0.3, -0.25) is 4.90 Å². The van der Waals surface area contributed by atoms with Crippen molar-refractivity contribution in [1.29, 1.82) is 0 Å². The molecule has 2 N–H and O–H groups in total. The van der Waals surface area contributed by atoms with Gasteiger partial charge in [-0.15, -0.1) is 0 Å². The molecule has 13 heavy (non-hydrogen) atoms. The molecule has 3 nitrogen and oxygen atoms in total. The predicted octanol–water partition coefficient (Wildman–Crippen LogP) is 0.463. The normalized spacial score (nSPS) is 18.7. The van der Waals surface area contributed by atoms with Crippen LogP contribution in [0.15, 0.2) is 0 Å². The van der Waals surface area contributed by atoms with Gasteiger partial charge in [-0.05, 0) is 18.8 Å². The lowest BCUT2D eigenvalue weighted by molar-refractivity contribution is 0.145. The van der Waals surface area contributed by atoms with Crippen molar-refractivity contribution < 1.29 is 10.2 Å². The maximum Gasteiger partial charge on any atom is 0.0558 e. The van der Waals surface area contributed by atoms with Gasteiger partial charge >= 0.3 is 0 Å². The fourth-order valence-corrected chi connectivity index (χ4v) is 2.14. The van der Waals surface area contributed by atoms with Gasteiger partial charge in [-0.1, -0.05) is 12.8 Å². The smallest absolute Gasteiger partial charge is 0.0558 e. The number of hydrogen-bond donors (Lipinski definition) is 2. The molecule has 0 unspecified atom stereocenters. The molecule has 1 fully saturated rings. The maximum atomic E-state index is 8.81. The second kappa shape index (κ2) is 6.35. The minimum absolute atomic E-state index is 0.201. The van der Waals surface area contributed by atoms with Crippen LogP contribution in [-0.4, -0.2) is 48.0 Å². The fourth-order valence-electron chi connectivity index (χ4n) is 2.14. The highest BCUT2D eigenvalue weighted by molar-refractivity contribution is 4.71. The molecular weight excluding hydrogens is 166 g/mol.